The van der Waals surface area contributed by atoms with Gasteiger partial charge in [0.05, 0.1) is 0 Å². The van der Waals surface area contributed by atoms with Crippen LogP contribution in [0.5, 0.6) is 0 Å². The normalized spacial score (nSPS) is 15.2. The van der Waals surface area contributed by atoms with Crippen molar-refractivity contribution >= 4 is 5.82 Å². The second kappa shape index (κ2) is 4.85. The van der Waals surface area contributed by atoms with Crippen LogP contribution in [0.15, 0.2) is 35.1 Å². The highest BCUT2D eigenvalue weighted by Crippen LogP contribution is 2.20. The van der Waals surface area contributed by atoms with Gasteiger partial charge in [-0.1, -0.05) is 30.3 Å². The molecule has 19 heavy (non-hydrogen) atoms. The van der Waals surface area contributed by atoms with E-state index in [4.69, 9.17) is 5.73 Å². The molecule has 0 unspecified atom stereocenters. The van der Waals surface area contributed by atoms with Crippen LogP contribution in [0.4, 0.5) is 5.82 Å². The molecule has 2 heterocycles. The van der Waals surface area contributed by atoms with Crippen molar-refractivity contribution in [2.75, 3.05) is 12.3 Å². The van der Waals surface area contributed by atoms with Crippen molar-refractivity contribution in [2.45, 2.75) is 19.5 Å². The molecule has 0 fully saturated rings. The second-order valence-corrected chi connectivity index (χ2v) is 4.83. The molecular formula is C14H16N4O. The summed E-state index contributed by atoms with van der Waals surface area (Å²) in [5.74, 6) is 0.373. The summed E-state index contributed by atoms with van der Waals surface area (Å²) >= 11 is 0. The van der Waals surface area contributed by atoms with Crippen molar-refractivity contribution in [1.82, 2.24) is 14.9 Å². The van der Waals surface area contributed by atoms with E-state index in [2.05, 4.69) is 27.0 Å². The molecule has 0 bridgehead atoms. The fourth-order valence-electron chi connectivity index (χ4n) is 2.53. The average molecular weight is 256 g/mol. The monoisotopic (exact) mass is 256 g/mol. The first kappa shape index (κ1) is 11.9. The lowest BCUT2D eigenvalue weighted by molar-refractivity contribution is 0.241. The molecule has 0 saturated carbocycles. The largest absolute Gasteiger partial charge is 0.383 e. The van der Waals surface area contributed by atoms with Crippen molar-refractivity contribution in [3.63, 3.8) is 0 Å². The van der Waals surface area contributed by atoms with Crippen LogP contribution in [0.3, 0.4) is 0 Å². The third-order valence-electron chi connectivity index (χ3n) is 3.46. The maximum Gasteiger partial charge on any atom is 0.347 e. The van der Waals surface area contributed by atoms with E-state index >= 15 is 0 Å². The van der Waals surface area contributed by atoms with Gasteiger partial charge in [-0.25, -0.2) is 4.79 Å². The molecule has 0 saturated heterocycles. The molecule has 3 N–H and O–H groups in total. The summed E-state index contributed by atoms with van der Waals surface area (Å²) < 4.78 is 0. The number of anilines is 1. The van der Waals surface area contributed by atoms with E-state index in [0.29, 0.717) is 12.4 Å². The van der Waals surface area contributed by atoms with Crippen LogP contribution < -0.4 is 11.4 Å². The van der Waals surface area contributed by atoms with E-state index in [-0.39, 0.29) is 5.69 Å². The quantitative estimate of drug-likeness (QED) is 0.837. The summed E-state index contributed by atoms with van der Waals surface area (Å²) in [7, 11) is 0. The minimum absolute atomic E-state index is 0.363. The zero-order valence-corrected chi connectivity index (χ0v) is 10.6. The van der Waals surface area contributed by atoms with Crippen molar-refractivity contribution < 1.29 is 0 Å². The number of nitrogen functional groups attached to an aromatic ring is 1. The lowest BCUT2D eigenvalue weighted by Crippen LogP contribution is -2.33. The highest BCUT2D eigenvalue weighted by Gasteiger charge is 2.19. The molecule has 3 rings (SSSR count). The van der Waals surface area contributed by atoms with Gasteiger partial charge in [0.15, 0.2) is 0 Å². The Labute approximate surface area is 111 Å². The van der Waals surface area contributed by atoms with Crippen LogP contribution in [0, 0.1) is 0 Å². The molecule has 5 nitrogen and oxygen atoms in total. The Kier molecular flexibility index (Phi) is 3.05. The van der Waals surface area contributed by atoms with Gasteiger partial charge in [0.25, 0.3) is 0 Å². The third-order valence-corrected chi connectivity index (χ3v) is 3.46. The van der Waals surface area contributed by atoms with Gasteiger partial charge in [0, 0.05) is 30.9 Å². The van der Waals surface area contributed by atoms with Gasteiger partial charge in [-0.3, -0.25) is 4.90 Å². The molecule has 0 radical (unpaired) electrons. The van der Waals surface area contributed by atoms with Gasteiger partial charge in [-0.2, -0.15) is 4.98 Å². The predicted molar refractivity (Wildman–Crippen MR) is 73.5 cm³/mol. The smallest absolute Gasteiger partial charge is 0.347 e. The Balaban J connectivity index is 1.81. The van der Waals surface area contributed by atoms with Gasteiger partial charge < -0.3 is 10.7 Å². The summed E-state index contributed by atoms with van der Waals surface area (Å²) in [6.45, 7) is 2.52. The lowest BCUT2D eigenvalue weighted by Gasteiger charge is -2.28. The lowest BCUT2D eigenvalue weighted by atomic mass is 10.0. The standard InChI is InChI=1S/C14H16N4O/c15-13-11-6-7-18(8-10-4-2-1-3-5-10)9-12(11)16-14(19)17-13/h1-5H,6-9H2,(H3,15,16,17,19). The molecular weight excluding hydrogens is 240 g/mol. The third kappa shape index (κ3) is 2.51. The summed E-state index contributed by atoms with van der Waals surface area (Å²) in [5, 5.41) is 0. The average Bonchev–Trinajstić information content (AvgIpc) is 2.39. The Bertz CT molecular complexity index is 636. The van der Waals surface area contributed by atoms with Crippen molar-refractivity contribution in [3.05, 3.63) is 57.6 Å². The fraction of sp³-hybridized carbons (Fsp3) is 0.286. The first-order valence-electron chi connectivity index (χ1n) is 6.36. The molecule has 1 aromatic carbocycles. The Morgan fingerprint density at radius 2 is 2.11 bits per heavy atom. The molecule has 0 atom stereocenters. The Morgan fingerprint density at radius 3 is 2.89 bits per heavy atom. The Hall–Kier alpha value is -2.14. The number of hydrogen-bond donors (Lipinski definition) is 2. The molecule has 1 aliphatic rings. The zero-order chi connectivity index (χ0) is 13.2. The van der Waals surface area contributed by atoms with E-state index in [1.165, 1.54) is 5.56 Å². The predicted octanol–water partition coefficient (Wildman–Crippen LogP) is 0.910. The fourth-order valence-corrected chi connectivity index (χ4v) is 2.53. The van der Waals surface area contributed by atoms with Gasteiger partial charge in [0.2, 0.25) is 0 Å². The number of hydrogen-bond acceptors (Lipinski definition) is 4. The van der Waals surface area contributed by atoms with Gasteiger partial charge in [0.1, 0.15) is 5.82 Å². The van der Waals surface area contributed by atoms with E-state index in [0.717, 1.165) is 30.8 Å². The first-order chi connectivity index (χ1) is 9.22. The first-order valence-corrected chi connectivity index (χ1v) is 6.36. The Morgan fingerprint density at radius 1 is 1.32 bits per heavy atom. The number of nitrogens with two attached hydrogens (primary N) is 1. The molecule has 0 spiro atoms. The van der Waals surface area contributed by atoms with Crippen LogP contribution in [-0.4, -0.2) is 21.4 Å². The highest BCUT2D eigenvalue weighted by atomic mass is 16.1. The van der Waals surface area contributed by atoms with E-state index in [1.807, 2.05) is 18.2 Å². The zero-order valence-electron chi connectivity index (χ0n) is 10.6. The number of fused-ring (bicyclic) bond motifs is 1. The number of aromatic amines is 1. The number of benzene rings is 1. The number of nitrogens with one attached hydrogen (secondary N) is 1. The summed E-state index contributed by atoms with van der Waals surface area (Å²) in [6.07, 6.45) is 0.831. The van der Waals surface area contributed by atoms with E-state index in [1.54, 1.807) is 0 Å². The minimum atomic E-state index is -0.363. The van der Waals surface area contributed by atoms with Crippen molar-refractivity contribution in [2.24, 2.45) is 0 Å². The number of nitrogens with zero attached hydrogens (tertiary/aromatic N) is 2. The van der Waals surface area contributed by atoms with Crippen molar-refractivity contribution in [1.29, 1.82) is 0 Å². The highest BCUT2D eigenvalue weighted by molar-refractivity contribution is 5.42. The van der Waals surface area contributed by atoms with E-state index < -0.39 is 0 Å². The van der Waals surface area contributed by atoms with Crippen LogP contribution in [0.1, 0.15) is 16.8 Å². The molecule has 2 aromatic rings. The molecule has 0 amide bonds. The maximum absolute atomic E-state index is 11.4. The van der Waals surface area contributed by atoms with E-state index in [9.17, 15) is 4.79 Å². The summed E-state index contributed by atoms with van der Waals surface area (Å²) in [6, 6.07) is 10.3. The molecule has 0 aliphatic carbocycles. The minimum Gasteiger partial charge on any atom is -0.383 e. The molecule has 98 valence electrons. The molecule has 1 aliphatic heterocycles. The van der Waals surface area contributed by atoms with Gasteiger partial charge in [-0.15, -0.1) is 0 Å². The van der Waals surface area contributed by atoms with Gasteiger partial charge in [-0.05, 0) is 12.0 Å². The van der Waals surface area contributed by atoms with Crippen LogP contribution in [0.2, 0.25) is 0 Å². The molecule has 5 heteroatoms. The second-order valence-electron chi connectivity index (χ2n) is 4.83. The topological polar surface area (TPSA) is 75.0 Å². The van der Waals surface area contributed by atoms with Crippen LogP contribution >= 0.6 is 0 Å². The van der Waals surface area contributed by atoms with Crippen molar-refractivity contribution in [3.8, 4) is 0 Å². The van der Waals surface area contributed by atoms with Gasteiger partial charge >= 0.3 is 5.69 Å². The SMILES string of the molecule is Nc1nc(=O)[nH]c2c1CCN(Cc1ccccc1)C2. The number of aromatic nitrogens is 2. The number of rotatable bonds is 2. The number of H-pyrrole nitrogens is 1. The van der Waals surface area contributed by atoms with Crippen LogP contribution in [-0.2, 0) is 19.5 Å². The summed E-state index contributed by atoms with van der Waals surface area (Å²) in [5.41, 5.74) is 8.59. The maximum atomic E-state index is 11.4. The van der Waals surface area contributed by atoms with Crippen LogP contribution in [0.25, 0.3) is 0 Å². The molecule has 1 aromatic heterocycles. The summed E-state index contributed by atoms with van der Waals surface area (Å²) in [4.78, 5) is 20.2.